The van der Waals surface area contributed by atoms with Crippen molar-refractivity contribution in [3.05, 3.63) is 53.1 Å². The zero-order valence-corrected chi connectivity index (χ0v) is 18.9. The second-order valence-corrected chi connectivity index (χ2v) is 8.19. The van der Waals surface area contributed by atoms with Crippen molar-refractivity contribution in [1.82, 2.24) is 24.8 Å². The van der Waals surface area contributed by atoms with Crippen LogP contribution in [-0.2, 0) is 19.3 Å². The van der Waals surface area contributed by atoms with Gasteiger partial charge in [0.15, 0.2) is 5.82 Å². The van der Waals surface area contributed by atoms with E-state index in [0.29, 0.717) is 34.5 Å². The van der Waals surface area contributed by atoms with Crippen molar-refractivity contribution in [3.63, 3.8) is 0 Å². The summed E-state index contributed by atoms with van der Waals surface area (Å²) in [5.41, 5.74) is 0.939. The Morgan fingerprint density at radius 2 is 2.06 bits per heavy atom. The Hall–Kier alpha value is -3.77. The molecule has 3 aromatic heterocycles. The van der Waals surface area contributed by atoms with Gasteiger partial charge in [0, 0.05) is 56.9 Å². The Balaban J connectivity index is 1.46. The normalized spacial score (nSPS) is 16.2. The summed E-state index contributed by atoms with van der Waals surface area (Å²) in [5.74, 6) is 0.766. The summed E-state index contributed by atoms with van der Waals surface area (Å²) in [6, 6.07) is 3.56. The van der Waals surface area contributed by atoms with Crippen LogP contribution in [0.2, 0.25) is 0 Å². The van der Waals surface area contributed by atoms with E-state index in [1.54, 1.807) is 10.8 Å². The zero-order valence-electron chi connectivity index (χ0n) is 18.9. The van der Waals surface area contributed by atoms with Gasteiger partial charge in [-0.15, -0.1) is 0 Å². The van der Waals surface area contributed by atoms with Crippen LogP contribution in [0.25, 0.3) is 11.0 Å². The van der Waals surface area contributed by atoms with Gasteiger partial charge in [-0.2, -0.15) is 18.2 Å². The van der Waals surface area contributed by atoms with E-state index in [1.165, 1.54) is 12.1 Å². The van der Waals surface area contributed by atoms with Gasteiger partial charge in [0.25, 0.3) is 6.43 Å². The van der Waals surface area contributed by atoms with E-state index in [1.807, 2.05) is 18.9 Å². The molecular formula is C22H23F5N8. The van der Waals surface area contributed by atoms with Crippen molar-refractivity contribution in [3.8, 4) is 0 Å². The number of likely N-dealkylation sites (N-methyl/N-ethyl adjacent to an activating group) is 1. The highest BCUT2D eigenvalue weighted by Gasteiger charge is 2.32. The lowest BCUT2D eigenvalue weighted by Gasteiger charge is -2.32. The highest BCUT2D eigenvalue weighted by molar-refractivity contribution is 5.90. The van der Waals surface area contributed by atoms with Gasteiger partial charge in [-0.1, -0.05) is 6.07 Å². The largest absolute Gasteiger partial charge is 0.433 e. The topological polar surface area (TPSA) is 94.8 Å². The Morgan fingerprint density at radius 3 is 2.69 bits per heavy atom. The minimum Gasteiger partial charge on any atom is -0.386 e. The molecule has 4 rings (SSSR count). The molecule has 0 saturated carbocycles. The van der Waals surface area contributed by atoms with Gasteiger partial charge in [0.2, 0.25) is 5.95 Å². The lowest BCUT2D eigenvalue weighted by Crippen LogP contribution is -2.37. The van der Waals surface area contributed by atoms with Crippen LogP contribution in [0.4, 0.5) is 33.7 Å². The number of rotatable bonds is 8. The second-order valence-electron chi connectivity index (χ2n) is 8.19. The summed E-state index contributed by atoms with van der Waals surface area (Å²) in [6.07, 6.45) is -3.35. The Labute approximate surface area is 197 Å². The number of hydrogen-bond donors (Lipinski definition) is 3. The van der Waals surface area contributed by atoms with Crippen LogP contribution in [0.1, 0.15) is 30.3 Å². The molecule has 35 heavy (non-hydrogen) atoms. The molecule has 0 aliphatic carbocycles. The van der Waals surface area contributed by atoms with Crippen LogP contribution in [0.3, 0.4) is 0 Å². The molecule has 1 aliphatic rings. The van der Waals surface area contributed by atoms with Gasteiger partial charge in [-0.3, -0.25) is 4.98 Å². The zero-order chi connectivity index (χ0) is 25.3. The summed E-state index contributed by atoms with van der Waals surface area (Å²) in [7, 11) is 1.84. The average molecular weight is 494 g/mol. The molecule has 186 valence electrons. The highest BCUT2D eigenvalue weighted by atomic mass is 19.4. The number of alkyl halides is 5. The summed E-state index contributed by atoms with van der Waals surface area (Å²) < 4.78 is 66.5. The van der Waals surface area contributed by atoms with Crippen molar-refractivity contribution >= 4 is 29.0 Å². The molecule has 0 saturated heterocycles. The first-order valence-corrected chi connectivity index (χ1v) is 10.7. The van der Waals surface area contributed by atoms with Gasteiger partial charge in [0.05, 0.1) is 11.2 Å². The lowest BCUT2D eigenvalue weighted by molar-refractivity contribution is -0.141. The summed E-state index contributed by atoms with van der Waals surface area (Å²) >= 11 is 0. The van der Waals surface area contributed by atoms with E-state index in [-0.39, 0.29) is 30.8 Å². The van der Waals surface area contributed by atoms with E-state index in [0.717, 1.165) is 18.5 Å². The molecule has 0 aromatic carbocycles. The van der Waals surface area contributed by atoms with E-state index in [9.17, 15) is 22.0 Å². The number of halogens is 5. The molecule has 0 fully saturated rings. The first-order valence-electron chi connectivity index (χ1n) is 10.7. The minimum atomic E-state index is -4.50. The minimum absolute atomic E-state index is 0.0423. The molecule has 0 spiro atoms. The molecule has 0 unspecified atom stereocenters. The summed E-state index contributed by atoms with van der Waals surface area (Å²) in [5, 5.41) is 13.6. The fourth-order valence-corrected chi connectivity index (χ4v) is 3.79. The number of anilines is 2. The lowest BCUT2D eigenvalue weighted by atomic mass is 10.2. The molecule has 1 aliphatic heterocycles. The summed E-state index contributed by atoms with van der Waals surface area (Å²) in [6.45, 7) is 2.70. The van der Waals surface area contributed by atoms with E-state index >= 15 is 0 Å². The van der Waals surface area contributed by atoms with Crippen LogP contribution in [0.5, 0.6) is 0 Å². The molecule has 0 radical (unpaired) electrons. The van der Waals surface area contributed by atoms with Gasteiger partial charge >= 0.3 is 6.18 Å². The van der Waals surface area contributed by atoms with E-state index < -0.39 is 18.3 Å². The van der Waals surface area contributed by atoms with Crippen LogP contribution >= 0.6 is 0 Å². The standard InChI is InChI=1S/C22H23F5N8/c1-12-11-35-16(19(23)24)5-15-18(35)20(34(12)2)33-21(32-15)31-10-14(6-28)8-29-7-13-3-4-17(30-9-13)22(25,26)27/h3-6,8-9,12,19,28-29H,7,10-11H2,1-2H3,(H,31,32,33)/b14-8+,28-6?/t12-/m0/s1. The average Bonchev–Trinajstić information content (AvgIpc) is 3.18. The fraction of sp³-hybridized carbons (Fsp3) is 0.364. The third-order valence-electron chi connectivity index (χ3n) is 5.77. The molecule has 3 aromatic rings. The molecule has 0 amide bonds. The third kappa shape index (κ3) is 5.03. The van der Waals surface area contributed by atoms with Gasteiger partial charge < -0.3 is 25.5 Å². The SMILES string of the molecule is C[C@H]1Cn2c(C(F)F)cc3nc(NC/C(C=N)=C/NCc4ccc(C(F)(F)F)nc4)nc(c32)N1C. The fourth-order valence-electron chi connectivity index (χ4n) is 3.79. The molecule has 0 bridgehead atoms. The Kier molecular flexibility index (Phi) is 6.59. The maximum absolute atomic E-state index is 13.6. The van der Waals surface area contributed by atoms with Crippen molar-refractivity contribution in [2.24, 2.45) is 0 Å². The molecule has 8 nitrogen and oxygen atoms in total. The van der Waals surface area contributed by atoms with Crippen molar-refractivity contribution < 1.29 is 22.0 Å². The van der Waals surface area contributed by atoms with E-state index in [2.05, 4.69) is 25.6 Å². The molecular weight excluding hydrogens is 471 g/mol. The van der Waals surface area contributed by atoms with Gasteiger partial charge in [-0.25, -0.2) is 13.8 Å². The van der Waals surface area contributed by atoms with Crippen LogP contribution in [0.15, 0.2) is 36.2 Å². The molecule has 13 heteroatoms. The van der Waals surface area contributed by atoms with Crippen molar-refractivity contribution in [2.75, 3.05) is 23.8 Å². The van der Waals surface area contributed by atoms with Gasteiger partial charge in [-0.05, 0) is 24.6 Å². The number of aromatic nitrogens is 4. The quantitative estimate of drug-likeness (QED) is 0.318. The predicted molar refractivity (Wildman–Crippen MR) is 122 cm³/mol. The number of pyridine rings is 1. The maximum Gasteiger partial charge on any atom is 0.433 e. The monoisotopic (exact) mass is 494 g/mol. The van der Waals surface area contributed by atoms with Crippen molar-refractivity contribution in [2.45, 2.75) is 38.7 Å². The number of hydrogen-bond acceptors (Lipinski definition) is 7. The predicted octanol–water partition coefficient (Wildman–Crippen LogP) is 4.36. The van der Waals surface area contributed by atoms with Crippen molar-refractivity contribution in [1.29, 1.82) is 5.41 Å². The smallest absolute Gasteiger partial charge is 0.386 e. The highest BCUT2D eigenvalue weighted by Crippen LogP contribution is 2.36. The second kappa shape index (κ2) is 9.47. The van der Waals surface area contributed by atoms with Crippen LogP contribution in [0, 0.1) is 5.41 Å². The number of nitrogens with one attached hydrogen (secondary N) is 3. The van der Waals surface area contributed by atoms with Gasteiger partial charge in [0.1, 0.15) is 11.2 Å². The number of nitrogens with zero attached hydrogens (tertiary/aromatic N) is 5. The first-order chi connectivity index (χ1) is 16.6. The van der Waals surface area contributed by atoms with E-state index in [4.69, 9.17) is 5.41 Å². The van der Waals surface area contributed by atoms with Crippen LogP contribution < -0.4 is 15.5 Å². The first kappa shape index (κ1) is 24.4. The summed E-state index contributed by atoms with van der Waals surface area (Å²) in [4.78, 5) is 14.2. The van der Waals surface area contributed by atoms with Crippen LogP contribution in [-0.4, -0.2) is 45.4 Å². The third-order valence-corrected chi connectivity index (χ3v) is 5.77. The molecule has 4 heterocycles. The molecule has 3 N–H and O–H groups in total. The Bertz CT molecular complexity index is 1250. The molecule has 1 atom stereocenters. The Morgan fingerprint density at radius 1 is 1.29 bits per heavy atom. The maximum atomic E-state index is 13.6.